The van der Waals surface area contributed by atoms with Gasteiger partial charge in [-0.2, -0.15) is 0 Å². The number of ether oxygens (including phenoxy) is 3. The molecule has 8 heteroatoms. The Morgan fingerprint density at radius 2 is 1.61 bits per heavy atom. The van der Waals surface area contributed by atoms with Crippen molar-refractivity contribution in [3.8, 4) is 17.2 Å². The molecule has 3 aromatic carbocycles. The van der Waals surface area contributed by atoms with Crippen molar-refractivity contribution in [2.24, 2.45) is 0 Å². The number of Topliss-reactive ketones (excluding diaryl/α,β-unsaturated/α-hetero) is 1. The smallest absolute Gasteiger partial charge is 0.300 e. The predicted molar refractivity (Wildman–Crippen MR) is 138 cm³/mol. The molecule has 1 atom stereocenters. The quantitative estimate of drug-likeness (QED) is 0.251. The highest BCUT2D eigenvalue weighted by atomic mass is 35.5. The highest BCUT2D eigenvalue weighted by Crippen LogP contribution is 2.45. The van der Waals surface area contributed by atoms with Gasteiger partial charge in [0.2, 0.25) is 0 Å². The van der Waals surface area contributed by atoms with Crippen LogP contribution >= 0.6 is 11.6 Å². The van der Waals surface area contributed by atoms with Crippen LogP contribution in [0.3, 0.4) is 0 Å². The molecule has 1 unspecified atom stereocenters. The Hall–Kier alpha value is -3.97. The van der Waals surface area contributed by atoms with Gasteiger partial charge in [-0.05, 0) is 49.7 Å². The average Bonchev–Trinajstić information content (AvgIpc) is 3.14. The zero-order valence-corrected chi connectivity index (χ0v) is 21.1. The van der Waals surface area contributed by atoms with E-state index in [9.17, 15) is 14.7 Å². The first kappa shape index (κ1) is 25.1. The van der Waals surface area contributed by atoms with Crippen LogP contribution in [0, 0.1) is 6.92 Å². The number of aliphatic hydroxyl groups excluding tert-OH is 1. The standard InChI is InChI=1S/C28H26ClNO6/c1-5-36-19-12-8-17(9-13-19)25-24(26(31)20-14-23(35-4)21(29)15-22(20)34-3)27(32)28(33)30(25)18-10-6-16(2)7-11-18/h6-15,25,31H,5H2,1-4H3/b26-24+. The van der Waals surface area contributed by atoms with Crippen molar-refractivity contribution in [2.45, 2.75) is 19.9 Å². The van der Waals surface area contributed by atoms with Crippen molar-refractivity contribution < 1.29 is 28.9 Å². The van der Waals surface area contributed by atoms with Crippen LogP contribution in [0.2, 0.25) is 5.02 Å². The van der Waals surface area contributed by atoms with Crippen LogP contribution in [0.15, 0.2) is 66.2 Å². The van der Waals surface area contributed by atoms with E-state index >= 15 is 0 Å². The number of hydrogen-bond acceptors (Lipinski definition) is 6. The lowest BCUT2D eigenvalue weighted by molar-refractivity contribution is -0.132. The Labute approximate surface area is 214 Å². The van der Waals surface area contributed by atoms with E-state index in [0.29, 0.717) is 23.6 Å². The molecule has 4 rings (SSSR count). The summed E-state index contributed by atoms with van der Waals surface area (Å²) in [5, 5.41) is 11.8. The summed E-state index contributed by atoms with van der Waals surface area (Å²) in [4.78, 5) is 28.2. The Morgan fingerprint density at radius 1 is 0.972 bits per heavy atom. The first-order valence-corrected chi connectivity index (χ1v) is 11.7. The third-order valence-corrected chi connectivity index (χ3v) is 6.29. The van der Waals surface area contributed by atoms with Gasteiger partial charge in [-0.15, -0.1) is 0 Å². The van der Waals surface area contributed by atoms with Gasteiger partial charge in [0.15, 0.2) is 0 Å². The molecule has 3 aromatic rings. The molecule has 186 valence electrons. The fourth-order valence-corrected chi connectivity index (χ4v) is 4.45. The van der Waals surface area contributed by atoms with Gasteiger partial charge >= 0.3 is 0 Å². The van der Waals surface area contributed by atoms with Gasteiger partial charge < -0.3 is 19.3 Å². The molecular formula is C28H26ClNO6. The van der Waals surface area contributed by atoms with Crippen LogP contribution in [0.5, 0.6) is 17.2 Å². The summed E-state index contributed by atoms with van der Waals surface area (Å²) in [6.07, 6.45) is 0. The molecule has 1 amide bonds. The molecule has 1 aliphatic rings. The average molecular weight is 508 g/mol. The fourth-order valence-electron chi connectivity index (χ4n) is 4.22. The summed E-state index contributed by atoms with van der Waals surface area (Å²) in [5.41, 5.74) is 2.26. The Balaban J connectivity index is 1.96. The monoisotopic (exact) mass is 507 g/mol. The number of nitrogens with zero attached hydrogens (tertiary/aromatic N) is 1. The molecular weight excluding hydrogens is 482 g/mol. The number of halogens is 1. The molecule has 1 heterocycles. The number of anilines is 1. The van der Waals surface area contributed by atoms with Crippen molar-refractivity contribution in [3.05, 3.63) is 87.9 Å². The largest absolute Gasteiger partial charge is 0.507 e. The zero-order chi connectivity index (χ0) is 26.0. The van der Waals surface area contributed by atoms with Crippen molar-refractivity contribution >= 4 is 34.7 Å². The lowest BCUT2D eigenvalue weighted by atomic mass is 9.94. The molecule has 0 saturated carbocycles. The number of aryl methyl sites for hydroxylation is 1. The number of carbonyl (C=O) groups is 2. The van der Waals surface area contributed by atoms with Crippen molar-refractivity contribution in [3.63, 3.8) is 0 Å². The highest BCUT2D eigenvalue weighted by Gasteiger charge is 2.47. The van der Waals surface area contributed by atoms with E-state index in [-0.39, 0.29) is 27.7 Å². The van der Waals surface area contributed by atoms with Gasteiger partial charge in [0.1, 0.15) is 23.0 Å². The normalized spacial score (nSPS) is 16.8. The number of hydrogen-bond donors (Lipinski definition) is 1. The molecule has 1 fully saturated rings. The second-order valence-corrected chi connectivity index (χ2v) is 8.60. The number of methoxy groups -OCH3 is 2. The summed E-state index contributed by atoms with van der Waals surface area (Å²) in [6, 6.07) is 16.4. The number of amides is 1. The molecule has 0 aliphatic carbocycles. The minimum atomic E-state index is -0.894. The van der Waals surface area contributed by atoms with Crippen LogP contribution in [-0.4, -0.2) is 37.6 Å². The van der Waals surface area contributed by atoms with Gasteiger partial charge in [0, 0.05) is 11.8 Å². The van der Waals surface area contributed by atoms with Crippen LogP contribution in [0.1, 0.15) is 29.7 Å². The maximum atomic E-state index is 13.4. The first-order chi connectivity index (χ1) is 17.3. The molecule has 1 N–H and O–H groups in total. The maximum absolute atomic E-state index is 13.4. The zero-order valence-electron chi connectivity index (χ0n) is 20.4. The maximum Gasteiger partial charge on any atom is 0.300 e. The number of rotatable bonds is 7. The van der Waals surface area contributed by atoms with Gasteiger partial charge in [-0.25, -0.2) is 0 Å². The third-order valence-electron chi connectivity index (χ3n) is 5.99. The molecule has 36 heavy (non-hydrogen) atoms. The van der Waals surface area contributed by atoms with Gasteiger partial charge in [0.25, 0.3) is 11.7 Å². The van der Waals surface area contributed by atoms with Crippen LogP contribution in [0.25, 0.3) is 5.76 Å². The molecule has 0 radical (unpaired) electrons. The summed E-state index contributed by atoms with van der Waals surface area (Å²) in [7, 11) is 2.86. The Kier molecular flexibility index (Phi) is 7.22. The van der Waals surface area contributed by atoms with E-state index in [1.807, 2.05) is 26.0 Å². The number of ketones is 1. The number of carbonyl (C=O) groups excluding carboxylic acids is 2. The van der Waals surface area contributed by atoms with E-state index in [0.717, 1.165) is 5.56 Å². The Bertz CT molecular complexity index is 1330. The number of aliphatic hydroxyl groups is 1. The Morgan fingerprint density at radius 3 is 2.19 bits per heavy atom. The highest BCUT2D eigenvalue weighted by molar-refractivity contribution is 6.51. The molecule has 7 nitrogen and oxygen atoms in total. The van der Waals surface area contributed by atoms with E-state index in [4.69, 9.17) is 25.8 Å². The summed E-state index contributed by atoms with van der Waals surface area (Å²) < 4.78 is 16.3. The van der Waals surface area contributed by atoms with Crippen molar-refractivity contribution in [2.75, 3.05) is 25.7 Å². The van der Waals surface area contributed by atoms with E-state index in [1.54, 1.807) is 36.4 Å². The lowest BCUT2D eigenvalue weighted by Crippen LogP contribution is -2.29. The fraction of sp³-hybridized carbons (Fsp3) is 0.214. The van der Waals surface area contributed by atoms with Crippen molar-refractivity contribution in [1.82, 2.24) is 0 Å². The second kappa shape index (κ2) is 10.3. The van der Waals surface area contributed by atoms with Gasteiger partial charge in [-0.1, -0.05) is 41.4 Å². The summed E-state index contributed by atoms with van der Waals surface area (Å²) >= 11 is 6.23. The third kappa shape index (κ3) is 4.50. The number of benzene rings is 3. The second-order valence-electron chi connectivity index (χ2n) is 8.19. The van der Waals surface area contributed by atoms with Gasteiger partial charge in [-0.3, -0.25) is 14.5 Å². The van der Waals surface area contributed by atoms with E-state index < -0.39 is 23.5 Å². The minimum Gasteiger partial charge on any atom is -0.507 e. The molecule has 0 aromatic heterocycles. The van der Waals surface area contributed by atoms with E-state index in [1.165, 1.54) is 31.3 Å². The molecule has 1 aliphatic heterocycles. The minimum absolute atomic E-state index is 0.0765. The summed E-state index contributed by atoms with van der Waals surface area (Å²) in [6.45, 7) is 4.31. The SMILES string of the molecule is CCOc1ccc(C2/C(=C(\O)c3cc(OC)c(Cl)cc3OC)C(=O)C(=O)N2c2ccc(C)cc2)cc1. The predicted octanol–water partition coefficient (Wildman–Crippen LogP) is 5.69. The van der Waals surface area contributed by atoms with E-state index in [2.05, 4.69) is 0 Å². The first-order valence-electron chi connectivity index (χ1n) is 11.3. The van der Waals surface area contributed by atoms with Crippen LogP contribution < -0.4 is 19.1 Å². The molecule has 1 saturated heterocycles. The molecule has 0 spiro atoms. The lowest BCUT2D eigenvalue weighted by Gasteiger charge is -2.26. The van der Waals surface area contributed by atoms with Gasteiger partial charge in [0.05, 0.1) is 43.0 Å². The van der Waals surface area contributed by atoms with Crippen LogP contribution in [-0.2, 0) is 9.59 Å². The van der Waals surface area contributed by atoms with Crippen molar-refractivity contribution in [1.29, 1.82) is 0 Å². The van der Waals surface area contributed by atoms with Crippen LogP contribution in [0.4, 0.5) is 5.69 Å². The summed E-state index contributed by atoms with van der Waals surface area (Å²) in [5.74, 6) is -0.803. The molecule has 0 bridgehead atoms. The topological polar surface area (TPSA) is 85.3 Å².